The highest BCUT2D eigenvalue weighted by Crippen LogP contribution is 2.23. The summed E-state index contributed by atoms with van der Waals surface area (Å²) < 4.78 is 32.4. The number of rotatable bonds is 24. The molecule has 22 heteroatoms. The lowest BCUT2D eigenvalue weighted by atomic mass is 10.2. The Hall–Kier alpha value is -2.51. The van der Waals surface area contributed by atoms with Crippen LogP contribution in [-0.2, 0) is 45.9 Å². The average Bonchev–Trinajstić information content (AvgIpc) is 4.14. The molecule has 0 aliphatic heterocycles. The summed E-state index contributed by atoms with van der Waals surface area (Å²) >= 11 is 6.77. The molecule has 6 rings (SSSR count). The standard InChI is InChI=1S/2C16H22N2O2SSi.2C9H17IN2OSi/c1-22(2,3)10-9-20-13-18-11-15(17-12-18)21-16(19)14-7-5-4-6-8-14;1-22(2,3)10-9-20-13-18-12-17-11-15(18)21-16(19)14-7-5-4-6-8-14;1-14(2,3)5-4-13-8-12-6-9(10)11-7-12;1-14(2,3)5-4-13-8-12-7-11-6-9(12)10/h2*4-8,11-12H,9-10,13H2,1-3H3;2*6-7H,4-5,8H2,1-3H3. The molecule has 0 amide bonds. The minimum atomic E-state index is -1.07. The zero-order valence-electron chi connectivity index (χ0n) is 44.5. The van der Waals surface area contributed by atoms with E-state index < -0.39 is 32.3 Å². The van der Waals surface area contributed by atoms with Gasteiger partial charge >= 0.3 is 0 Å². The Morgan fingerprint density at radius 2 is 0.903 bits per heavy atom. The molecule has 14 nitrogen and oxygen atoms in total. The zero-order valence-corrected chi connectivity index (χ0v) is 54.4. The van der Waals surface area contributed by atoms with Gasteiger partial charge in [-0.3, -0.25) is 9.59 Å². The normalized spacial score (nSPS) is 11.8. The Morgan fingerprint density at radius 3 is 1.33 bits per heavy atom. The van der Waals surface area contributed by atoms with Crippen molar-refractivity contribution in [2.45, 2.75) is 140 Å². The molecular weight excluding hydrogens is 1240 g/mol. The van der Waals surface area contributed by atoms with Gasteiger partial charge in [-0.15, -0.1) is 0 Å². The van der Waals surface area contributed by atoms with Crippen molar-refractivity contribution < 1.29 is 28.5 Å². The molecule has 6 aromatic rings. The quantitative estimate of drug-likeness (QED) is 0.0246. The lowest BCUT2D eigenvalue weighted by Gasteiger charge is -2.15. The second-order valence-electron chi connectivity index (χ2n) is 21.7. The molecule has 0 N–H and O–H groups in total. The Kier molecular flexibility index (Phi) is 29.1. The van der Waals surface area contributed by atoms with Gasteiger partial charge < -0.3 is 37.2 Å². The maximum Gasteiger partial charge on any atom is 0.225 e. The van der Waals surface area contributed by atoms with E-state index >= 15 is 0 Å². The highest BCUT2D eigenvalue weighted by Gasteiger charge is 2.16. The number of halogens is 2. The highest BCUT2D eigenvalue weighted by molar-refractivity contribution is 14.1. The number of nitrogens with zero attached hydrogens (tertiary/aromatic N) is 8. The SMILES string of the molecule is C[Si](C)(C)CCOCn1cnc(I)c1.C[Si](C)(C)CCOCn1cnc(SC(=O)c2ccccc2)c1.C[Si](C)(C)CCOCn1cncc1I.C[Si](C)(C)CCOCn1cncc1SC(=O)c1ccccc1. The van der Waals surface area contributed by atoms with Crippen molar-refractivity contribution in [3.05, 3.63) is 129 Å². The van der Waals surface area contributed by atoms with E-state index in [1.54, 1.807) is 31.5 Å². The van der Waals surface area contributed by atoms with Crippen LogP contribution in [0.15, 0.2) is 121 Å². The number of hydrogen-bond donors (Lipinski definition) is 0. The van der Waals surface area contributed by atoms with Crippen LogP contribution < -0.4 is 0 Å². The van der Waals surface area contributed by atoms with Crippen LogP contribution in [0.4, 0.5) is 0 Å². The van der Waals surface area contributed by atoms with Gasteiger partial charge in [0.15, 0.2) is 0 Å². The number of ether oxygens (including phenoxy) is 4. The Morgan fingerprint density at radius 1 is 0.500 bits per heavy atom. The minimum absolute atomic E-state index is 0.00509. The van der Waals surface area contributed by atoms with E-state index in [0.717, 1.165) is 62.7 Å². The van der Waals surface area contributed by atoms with Gasteiger partial charge in [0.2, 0.25) is 10.2 Å². The van der Waals surface area contributed by atoms with E-state index in [4.69, 9.17) is 18.9 Å². The summed E-state index contributed by atoms with van der Waals surface area (Å²) in [6.45, 7) is 33.6. The third-order valence-electron chi connectivity index (χ3n) is 9.89. The van der Waals surface area contributed by atoms with Crippen molar-refractivity contribution in [1.29, 1.82) is 0 Å². The molecule has 396 valence electrons. The van der Waals surface area contributed by atoms with Crippen molar-refractivity contribution >= 4 is 111 Å². The van der Waals surface area contributed by atoms with Gasteiger partial charge in [-0.1, -0.05) is 139 Å². The third kappa shape index (κ3) is 30.1. The first-order valence-electron chi connectivity index (χ1n) is 24.1. The average molecular weight is 1320 g/mol. The summed E-state index contributed by atoms with van der Waals surface area (Å²) in [4.78, 5) is 40.8. The Labute approximate surface area is 469 Å². The molecule has 4 heterocycles. The molecule has 72 heavy (non-hydrogen) atoms. The molecule has 0 radical (unpaired) electrons. The molecule has 0 aliphatic rings. The lowest BCUT2D eigenvalue weighted by Crippen LogP contribution is -2.22. The molecule has 0 atom stereocenters. The maximum absolute atomic E-state index is 12.2. The smallest absolute Gasteiger partial charge is 0.225 e. The fourth-order valence-electron chi connectivity index (χ4n) is 5.39. The van der Waals surface area contributed by atoms with Crippen LogP contribution in [0.5, 0.6) is 0 Å². The van der Waals surface area contributed by atoms with Gasteiger partial charge in [0.25, 0.3) is 0 Å². The molecule has 4 aromatic heterocycles. The van der Waals surface area contributed by atoms with E-state index in [1.165, 1.54) is 23.9 Å². The second kappa shape index (κ2) is 32.8. The molecule has 0 bridgehead atoms. The summed E-state index contributed by atoms with van der Waals surface area (Å²) in [5.74, 6) is 0. The first kappa shape index (κ1) is 63.8. The van der Waals surface area contributed by atoms with Crippen LogP contribution in [0.1, 0.15) is 20.7 Å². The topological polar surface area (TPSA) is 142 Å². The molecule has 0 spiro atoms. The van der Waals surface area contributed by atoms with E-state index in [1.807, 2.05) is 97.5 Å². The Bertz CT molecular complexity index is 2440. The number of thioether (sulfide) groups is 2. The van der Waals surface area contributed by atoms with Crippen LogP contribution in [0.25, 0.3) is 0 Å². The third-order valence-corrected chi connectivity index (χ3v) is 20.0. The molecule has 0 saturated carbocycles. The maximum atomic E-state index is 12.2. The molecule has 2 aromatic carbocycles. The number of hydrogen-bond acceptors (Lipinski definition) is 12. The molecule has 0 unspecified atom stereocenters. The second-order valence-corrected chi connectivity index (χ2v) is 48.4. The van der Waals surface area contributed by atoms with Gasteiger partial charge in [-0.25, -0.2) is 19.9 Å². The van der Waals surface area contributed by atoms with Crippen LogP contribution in [-0.4, -0.2) is 107 Å². The van der Waals surface area contributed by atoms with Gasteiger partial charge in [0.1, 0.15) is 44.4 Å². The van der Waals surface area contributed by atoms with Crippen molar-refractivity contribution in [1.82, 2.24) is 38.2 Å². The van der Waals surface area contributed by atoms with Crippen molar-refractivity contribution in [3.63, 3.8) is 0 Å². The molecule has 0 aliphatic carbocycles. The van der Waals surface area contributed by atoms with Gasteiger partial charge in [-0.05, 0) is 92.9 Å². The van der Waals surface area contributed by atoms with Crippen molar-refractivity contribution in [3.8, 4) is 0 Å². The Balaban J connectivity index is 0.000000260. The summed E-state index contributed by atoms with van der Waals surface area (Å²) in [6.07, 6.45) is 14.4. The fourth-order valence-corrected chi connectivity index (χ4v) is 10.8. The minimum Gasteiger partial charge on any atom is -0.361 e. The van der Waals surface area contributed by atoms with Gasteiger partial charge in [-0.2, -0.15) is 0 Å². The molecular formula is C50H78I2N8O6S2Si4. The molecule has 0 fully saturated rings. The number of benzene rings is 2. The van der Waals surface area contributed by atoms with Gasteiger partial charge in [0.05, 0.1) is 37.7 Å². The zero-order chi connectivity index (χ0) is 53.2. The number of aromatic nitrogens is 8. The van der Waals surface area contributed by atoms with Crippen molar-refractivity contribution in [2.75, 3.05) is 26.4 Å². The largest absolute Gasteiger partial charge is 0.361 e. The van der Waals surface area contributed by atoms with E-state index in [9.17, 15) is 9.59 Å². The summed E-state index contributed by atoms with van der Waals surface area (Å²) in [6, 6.07) is 23.2. The van der Waals surface area contributed by atoms with Gasteiger partial charge in [0, 0.05) is 82.2 Å². The monoisotopic (exact) mass is 1320 g/mol. The van der Waals surface area contributed by atoms with Crippen LogP contribution >= 0.6 is 68.7 Å². The molecule has 0 saturated heterocycles. The highest BCUT2D eigenvalue weighted by atomic mass is 127. The predicted octanol–water partition coefficient (Wildman–Crippen LogP) is 13.9. The van der Waals surface area contributed by atoms with Crippen LogP contribution in [0.3, 0.4) is 0 Å². The first-order chi connectivity index (χ1) is 33.9. The first-order valence-corrected chi connectivity index (χ1v) is 42.7. The number of imidazole rings is 4. The summed E-state index contributed by atoms with van der Waals surface area (Å²) in [5, 5.41) is 1.53. The van der Waals surface area contributed by atoms with E-state index in [0.29, 0.717) is 43.1 Å². The fraction of sp³-hybridized carbons (Fsp3) is 0.480. The summed E-state index contributed by atoms with van der Waals surface area (Å²) in [7, 11) is -4.01. The lowest BCUT2D eigenvalue weighted by molar-refractivity contribution is 0.0819. The predicted molar refractivity (Wildman–Crippen MR) is 324 cm³/mol. The van der Waals surface area contributed by atoms with Crippen LogP contribution in [0, 0.1) is 7.40 Å². The van der Waals surface area contributed by atoms with E-state index in [-0.39, 0.29) is 10.2 Å². The number of carbonyl (C=O) groups is 2. The van der Waals surface area contributed by atoms with E-state index in [2.05, 4.69) is 144 Å². The van der Waals surface area contributed by atoms with Crippen molar-refractivity contribution in [2.24, 2.45) is 0 Å². The van der Waals surface area contributed by atoms with Crippen LogP contribution in [0.2, 0.25) is 103 Å². The summed E-state index contributed by atoms with van der Waals surface area (Å²) in [5.41, 5.74) is 1.38. The number of carbonyl (C=O) groups excluding carboxylic acids is 2.